The molecule has 0 aromatic heterocycles. The highest BCUT2D eigenvalue weighted by Crippen LogP contribution is 2.12. The molecule has 2 aliphatic rings. The molecule has 1 N–H and O–H groups in total. The van der Waals surface area contributed by atoms with Gasteiger partial charge in [-0.1, -0.05) is 6.92 Å². The van der Waals surface area contributed by atoms with Crippen molar-refractivity contribution in [2.24, 2.45) is 10.9 Å². The third kappa shape index (κ3) is 6.47. The molecule has 1 saturated heterocycles. The van der Waals surface area contributed by atoms with E-state index in [1.165, 1.54) is 0 Å². The van der Waals surface area contributed by atoms with E-state index in [-0.39, 0.29) is 18.0 Å². The fraction of sp³-hybridized carbons (Fsp3) is 0.882. The van der Waals surface area contributed by atoms with E-state index in [2.05, 4.69) is 22.1 Å². The molecule has 2 unspecified atom stereocenters. The Morgan fingerprint density at radius 3 is 3.13 bits per heavy atom. The summed E-state index contributed by atoms with van der Waals surface area (Å²) in [7, 11) is 0. The summed E-state index contributed by atoms with van der Waals surface area (Å²) < 4.78 is 10.8. The van der Waals surface area contributed by atoms with Crippen LogP contribution in [0.5, 0.6) is 0 Å². The Morgan fingerprint density at radius 2 is 2.39 bits per heavy atom. The second kappa shape index (κ2) is 9.88. The van der Waals surface area contributed by atoms with Crippen LogP contribution in [-0.4, -0.2) is 68.7 Å². The van der Waals surface area contributed by atoms with Crippen LogP contribution >= 0.6 is 0 Å². The van der Waals surface area contributed by atoms with Crippen LogP contribution in [0.25, 0.3) is 0 Å². The summed E-state index contributed by atoms with van der Waals surface area (Å²) in [5.41, 5.74) is 0. The predicted octanol–water partition coefficient (Wildman–Crippen LogP) is 1.45. The summed E-state index contributed by atoms with van der Waals surface area (Å²) in [4.78, 5) is 18.7. The SMILES string of the molecule is CC1=NCCCN1CCCNCC(C)C(=O)OCC1CCCO1. The highest BCUT2D eigenvalue weighted by molar-refractivity contribution is 5.80. The molecule has 6 nitrogen and oxygen atoms in total. The fourth-order valence-electron chi connectivity index (χ4n) is 2.93. The second-order valence-corrected chi connectivity index (χ2v) is 6.49. The molecule has 6 heteroatoms. The van der Waals surface area contributed by atoms with Crippen LogP contribution in [0.1, 0.15) is 39.5 Å². The molecule has 0 aliphatic carbocycles. The first-order valence-corrected chi connectivity index (χ1v) is 8.92. The van der Waals surface area contributed by atoms with E-state index < -0.39 is 0 Å². The standard InChI is InChI=1S/C17H31N3O3/c1-14(17(21)23-13-16-6-3-11-22-16)12-18-7-4-9-20-10-5-8-19-15(20)2/h14,16,18H,3-13H2,1-2H3. The van der Waals surface area contributed by atoms with Crippen LogP contribution in [0.15, 0.2) is 4.99 Å². The maximum Gasteiger partial charge on any atom is 0.310 e. The van der Waals surface area contributed by atoms with E-state index in [9.17, 15) is 4.79 Å². The summed E-state index contributed by atoms with van der Waals surface area (Å²) in [6.07, 6.45) is 4.39. The lowest BCUT2D eigenvalue weighted by molar-refractivity contribution is -0.151. The highest BCUT2D eigenvalue weighted by Gasteiger charge is 2.20. The number of hydrogen-bond acceptors (Lipinski definition) is 6. The zero-order valence-corrected chi connectivity index (χ0v) is 14.6. The van der Waals surface area contributed by atoms with Gasteiger partial charge in [0.05, 0.1) is 17.9 Å². The van der Waals surface area contributed by atoms with Gasteiger partial charge in [-0.05, 0) is 39.2 Å². The number of ether oxygens (including phenoxy) is 2. The average molecular weight is 325 g/mol. The number of carbonyl (C=O) groups is 1. The lowest BCUT2D eigenvalue weighted by atomic mass is 10.2. The number of esters is 1. The van der Waals surface area contributed by atoms with Gasteiger partial charge in [-0.25, -0.2) is 0 Å². The van der Waals surface area contributed by atoms with Crippen molar-refractivity contribution in [2.45, 2.75) is 45.6 Å². The van der Waals surface area contributed by atoms with Gasteiger partial charge in [-0.3, -0.25) is 9.79 Å². The highest BCUT2D eigenvalue weighted by atomic mass is 16.6. The minimum Gasteiger partial charge on any atom is -0.463 e. The number of hydrogen-bond donors (Lipinski definition) is 1. The first-order valence-electron chi connectivity index (χ1n) is 8.92. The molecule has 0 radical (unpaired) electrons. The fourth-order valence-corrected chi connectivity index (χ4v) is 2.93. The summed E-state index contributed by atoms with van der Waals surface area (Å²) in [5, 5.41) is 3.35. The van der Waals surface area contributed by atoms with Crippen LogP contribution < -0.4 is 5.32 Å². The number of rotatable bonds is 9. The van der Waals surface area contributed by atoms with Crippen LogP contribution in [0.2, 0.25) is 0 Å². The van der Waals surface area contributed by atoms with E-state index in [1.54, 1.807) is 0 Å². The van der Waals surface area contributed by atoms with E-state index in [4.69, 9.17) is 9.47 Å². The van der Waals surface area contributed by atoms with Crippen LogP contribution in [-0.2, 0) is 14.3 Å². The largest absolute Gasteiger partial charge is 0.463 e. The van der Waals surface area contributed by atoms with Crippen molar-refractivity contribution < 1.29 is 14.3 Å². The van der Waals surface area contributed by atoms with Gasteiger partial charge < -0.3 is 19.7 Å². The first-order chi connectivity index (χ1) is 11.2. The van der Waals surface area contributed by atoms with Gasteiger partial charge in [0.2, 0.25) is 0 Å². The van der Waals surface area contributed by atoms with Crippen LogP contribution in [0, 0.1) is 5.92 Å². The van der Waals surface area contributed by atoms with E-state index in [0.717, 1.165) is 64.3 Å². The monoisotopic (exact) mass is 325 g/mol. The molecule has 0 aromatic carbocycles. The maximum absolute atomic E-state index is 11.9. The zero-order chi connectivity index (χ0) is 16.5. The summed E-state index contributed by atoms with van der Waals surface area (Å²) >= 11 is 0. The summed E-state index contributed by atoms with van der Waals surface area (Å²) in [5.74, 6) is 0.907. The molecule has 2 heterocycles. The van der Waals surface area contributed by atoms with Crippen molar-refractivity contribution in [3.63, 3.8) is 0 Å². The van der Waals surface area contributed by atoms with Gasteiger partial charge in [0.1, 0.15) is 6.61 Å². The van der Waals surface area contributed by atoms with Crippen LogP contribution in [0.4, 0.5) is 0 Å². The Balaban J connectivity index is 1.50. The predicted molar refractivity (Wildman–Crippen MR) is 90.7 cm³/mol. The lowest BCUT2D eigenvalue weighted by Crippen LogP contribution is -2.36. The smallest absolute Gasteiger partial charge is 0.310 e. The average Bonchev–Trinajstić information content (AvgIpc) is 3.07. The van der Waals surface area contributed by atoms with E-state index in [1.807, 2.05) is 6.92 Å². The van der Waals surface area contributed by atoms with Crippen molar-refractivity contribution in [3.05, 3.63) is 0 Å². The van der Waals surface area contributed by atoms with Gasteiger partial charge in [-0.2, -0.15) is 0 Å². The molecule has 0 saturated carbocycles. The van der Waals surface area contributed by atoms with Gasteiger partial charge >= 0.3 is 5.97 Å². The Kier molecular flexibility index (Phi) is 7.82. The lowest BCUT2D eigenvalue weighted by Gasteiger charge is -2.27. The number of nitrogens with zero attached hydrogens (tertiary/aromatic N) is 2. The normalized spacial score (nSPS) is 22.8. The first kappa shape index (κ1) is 18.2. The van der Waals surface area contributed by atoms with Crippen molar-refractivity contribution in [2.75, 3.05) is 45.9 Å². The van der Waals surface area contributed by atoms with Crippen molar-refractivity contribution >= 4 is 11.8 Å². The number of carbonyl (C=O) groups excluding carboxylic acids is 1. The second-order valence-electron chi connectivity index (χ2n) is 6.49. The van der Waals surface area contributed by atoms with Gasteiger partial charge in [0.15, 0.2) is 0 Å². The van der Waals surface area contributed by atoms with Gasteiger partial charge in [-0.15, -0.1) is 0 Å². The quantitative estimate of drug-likeness (QED) is 0.513. The molecular formula is C17H31N3O3. The molecule has 2 atom stereocenters. The van der Waals surface area contributed by atoms with Crippen LogP contribution in [0.3, 0.4) is 0 Å². The van der Waals surface area contributed by atoms with Gasteiger partial charge in [0, 0.05) is 32.8 Å². The molecule has 132 valence electrons. The number of amidine groups is 1. The number of aliphatic imine (C=N–C) groups is 1. The molecule has 0 spiro atoms. The van der Waals surface area contributed by atoms with E-state index >= 15 is 0 Å². The Labute approximate surface area is 139 Å². The molecule has 2 aliphatic heterocycles. The van der Waals surface area contributed by atoms with Gasteiger partial charge in [0.25, 0.3) is 0 Å². The summed E-state index contributed by atoms with van der Waals surface area (Å²) in [6.45, 7) is 9.86. The van der Waals surface area contributed by atoms with Crippen molar-refractivity contribution in [3.8, 4) is 0 Å². The Hall–Kier alpha value is -1.14. The molecule has 23 heavy (non-hydrogen) atoms. The molecule has 0 bridgehead atoms. The zero-order valence-electron chi connectivity index (χ0n) is 14.6. The molecule has 2 rings (SSSR count). The summed E-state index contributed by atoms with van der Waals surface area (Å²) in [6, 6.07) is 0. The third-order valence-electron chi connectivity index (χ3n) is 4.45. The molecular weight excluding hydrogens is 294 g/mol. The minimum absolute atomic E-state index is 0.105. The molecule has 0 amide bonds. The maximum atomic E-state index is 11.9. The topological polar surface area (TPSA) is 63.2 Å². The molecule has 0 aromatic rings. The molecule has 1 fully saturated rings. The van der Waals surface area contributed by atoms with E-state index in [0.29, 0.717) is 13.2 Å². The van der Waals surface area contributed by atoms with Crippen molar-refractivity contribution in [1.29, 1.82) is 0 Å². The number of nitrogens with one attached hydrogen (secondary N) is 1. The van der Waals surface area contributed by atoms with Crippen molar-refractivity contribution in [1.82, 2.24) is 10.2 Å². The Morgan fingerprint density at radius 1 is 1.52 bits per heavy atom. The minimum atomic E-state index is -0.132. The Bertz CT molecular complexity index is 395. The third-order valence-corrected chi connectivity index (χ3v) is 4.45.